The van der Waals surface area contributed by atoms with Crippen LogP contribution in [0, 0.1) is 0 Å². The number of carbonyl (C=O) groups excluding carboxylic acids is 1. The zero-order chi connectivity index (χ0) is 18.3. The van der Waals surface area contributed by atoms with E-state index in [4.69, 9.17) is 0 Å². The van der Waals surface area contributed by atoms with Gasteiger partial charge >= 0.3 is 0 Å². The summed E-state index contributed by atoms with van der Waals surface area (Å²) in [6, 6.07) is 3.49. The predicted octanol–water partition coefficient (Wildman–Crippen LogP) is 1.39. The molecule has 0 saturated heterocycles. The second-order valence-corrected chi connectivity index (χ2v) is 7.64. The molecular weight excluding hydrogens is 362 g/mol. The van der Waals surface area contributed by atoms with E-state index in [2.05, 4.69) is 5.32 Å². The number of hydrogen-bond acceptors (Lipinski definition) is 6. The highest BCUT2D eigenvalue weighted by Gasteiger charge is 2.22. The van der Waals surface area contributed by atoms with Crippen molar-refractivity contribution >= 4 is 42.6 Å². The SMILES string of the molecule is CCC(=O)Nc1cc(S(=O)(=O)O)cc2c(S(=O)(=O)O)ccc(O)c12. The number of amides is 1. The molecule has 0 bridgehead atoms. The van der Waals surface area contributed by atoms with E-state index in [1.54, 1.807) is 0 Å². The summed E-state index contributed by atoms with van der Waals surface area (Å²) in [5.41, 5.74) is -0.227. The highest BCUT2D eigenvalue weighted by molar-refractivity contribution is 7.86. The lowest BCUT2D eigenvalue weighted by molar-refractivity contribution is -0.115. The van der Waals surface area contributed by atoms with Crippen LogP contribution in [0.15, 0.2) is 34.1 Å². The third-order valence-corrected chi connectivity index (χ3v) is 4.94. The second kappa shape index (κ2) is 6.02. The number of phenolic OH excluding ortho intramolecular Hbond substituents is 1. The van der Waals surface area contributed by atoms with Crippen molar-refractivity contribution in [3.8, 4) is 5.75 Å². The summed E-state index contributed by atoms with van der Waals surface area (Å²) in [5, 5.41) is 11.7. The summed E-state index contributed by atoms with van der Waals surface area (Å²) >= 11 is 0. The molecule has 0 heterocycles. The van der Waals surface area contributed by atoms with E-state index in [1.807, 2.05) is 0 Å². The van der Waals surface area contributed by atoms with Gasteiger partial charge in [-0.3, -0.25) is 13.9 Å². The Labute approximate surface area is 137 Å². The van der Waals surface area contributed by atoms with Crippen LogP contribution in [0.2, 0.25) is 0 Å². The largest absolute Gasteiger partial charge is 0.507 e. The maximum atomic E-state index is 11.6. The van der Waals surface area contributed by atoms with Crippen LogP contribution in [0.5, 0.6) is 5.75 Å². The van der Waals surface area contributed by atoms with Gasteiger partial charge in [-0.15, -0.1) is 0 Å². The molecule has 130 valence electrons. The molecule has 2 aromatic rings. The molecule has 24 heavy (non-hydrogen) atoms. The average Bonchev–Trinajstić information content (AvgIpc) is 2.44. The van der Waals surface area contributed by atoms with Crippen molar-refractivity contribution in [1.82, 2.24) is 0 Å². The normalized spacial score (nSPS) is 12.3. The molecule has 11 heteroatoms. The Morgan fingerprint density at radius 1 is 1.08 bits per heavy atom. The number of phenols is 1. The zero-order valence-electron chi connectivity index (χ0n) is 12.2. The molecule has 0 radical (unpaired) electrons. The summed E-state index contributed by atoms with van der Waals surface area (Å²) in [4.78, 5) is 10.2. The van der Waals surface area contributed by atoms with Crippen molar-refractivity contribution in [2.75, 3.05) is 5.32 Å². The number of benzene rings is 2. The Morgan fingerprint density at radius 3 is 2.21 bits per heavy atom. The molecule has 4 N–H and O–H groups in total. The van der Waals surface area contributed by atoms with E-state index in [9.17, 15) is 35.8 Å². The standard InChI is InChI=1S/C13H13NO8S2/c1-2-12(16)14-9-6-7(23(17,18)19)5-8-11(24(20,21)22)4-3-10(15)13(8)9/h3-6,15H,2H2,1H3,(H,14,16)(H,17,18,19)(H,20,21,22). The fourth-order valence-electron chi connectivity index (χ4n) is 2.12. The molecule has 9 nitrogen and oxygen atoms in total. The van der Waals surface area contributed by atoms with Gasteiger partial charge < -0.3 is 10.4 Å². The van der Waals surface area contributed by atoms with Gasteiger partial charge in [-0.25, -0.2) is 0 Å². The third kappa shape index (κ3) is 3.48. The topological polar surface area (TPSA) is 158 Å². The van der Waals surface area contributed by atoms with E-state index in [-0.39, 0.29) is 22.9 Å². The molecule has 0 spiro atoms. The number of rotatable bonds is 4. The molecule has 0 aromatic heterocycles. The summed E-state index contributed by atoms with van der Waals surface area (Å²) in [7, 11) is -9.50. The predicted molar refractivity (Wildman–Crippen MR) is 84.2 cm³/mol. The summed E-state index contributed by atoms with van der Waals surface area (Å²) in [5.74, 6) is -0.994. The van der Waals surface area contributed by atoms with Gasteiger partial charge in [0.1, 0.15) is 10.6 Å². The molecule has 0 aliphatic heterocycles. The Balaban J connectivity index is 3.01. The Hall–Kier alpha value is -2.21. The Bertz CT molecular complexity index is 1040. The van der Waals surface area contributed by atoms with Gasteiger partial charge in [0.15, 0.2) is 0 Å². The molecule has 2 rings (SSSR count). The fourth-order valence-corrected chi connectivity index (χ4v) is 3.34. The van der Waals surface area contributed by atoms with Crippen LogP contribution in [0.4, 0.5) is 5.69 Å². The van der Waals surface area contributed by atoms with E-state index < -0.39 is 41.7 Å². The first-order chi connectivity index (χ1) is 10.9. The first-order valence-corrected chi connectivity index (χ1v) is 9.37. The van der Waals surface area contributed by atoms with Crippen molar-refractivity contribution in [2.45, 2.75) is 23.1 Å². The number of nitrogens with one attached hydrogen (secondary N) is 1. The number of hydrogen-bond donors (Lipinski definition) is 4. The van der Waals surface area contributed by atoms with E-state index >= 15 is 0 Å². The zero-order valence-corrected chi connectivity index (χ0v) is 13.8. The molecule has 0 atom stereocenters. The maximum absolute atomic E-state index is 11.6. The van der Waals surface area contributed by atoms with Gasteiger partial charge in [-0.05, 0) is 24.3 Å². The molecule has 1 amide bonds. The minimum atomic E-state index is -4.76. The second-order valence-electron chi connectivity index (χ2n) is 4.83. The number of carbonyl (C=O) groups is 1. The lowest BCUT2D eigenvalue weighted by atomic mass is 10.1. The van der Waals surface area contributed by atoms with Crippen molar-refractivity contribution in [2.24, 2.45) is 0 Å². The summed E-state index contributed by atoms with van der Waals surface area (Å²) < 4.78 is 64.3. The van der Waals surface area contributed by atoms with Crippen molar-refractivity contribution < 1.29 is 35.8 Å². The van der Waals surface area contributed by atoms with Gasteiger partial charge in [0.25, 0.3) is 20.2 Å². The molecular formula is C13H13NO8S2. The highest BCUT2D eigenvalue weighted by atomic mass is 32.2. The monoisotopic (exact) mass is 375 g/mol. The number of aromatic hydroxyl groups is 1. The summed E-state index contributed by atoms with van der Waals surface area (Å²) in [6.07, 6.45) is 0.0242. The maximum Gasteiger partial charge on any atom is 0.295 e. The molecule has 0 fully saturated rings. The van der Waals surface area contributed by atoms with Gasteiger partial charge in [0.05, 0.1) is 10.6 Å². The van der Waals surface area contributed by atoms with Crippen LogP contribution in [-0.2, 0) is 25.0 Å². The lowest BCUT2D eigenvalue weighted by Gasteiger charge is -2.13. The van der Waals surface area contributed by atoms with Gasteiger partial charge in [-0.2, -0.15) is 16.8 Å². The smallest absolute Gasteiger partial charge is 0.295 e. The van der Waals surface area contributed by atoms with Crippen LogP contribution >= 0.6 is 0 Å². The molecule has 0 aliphatic carbocycles. The third-order valence-electron chi connectivity index (χ3n) is 3.20. The van der Waals surface area contributed by atoms with Crippen molar-refractivity contribution in [1.29, 1.82) is 0 Å². The lowest BCUT2D eigenvalue weighted by Crippen LogP contribution is -2.11. The van der Waals surface area contributed by atoms with Crippen molar-refractivity contribution in [3.63, 3.8) is 0 Å². The fraction of sp³-hybridized carbons (Fsp3) is 0.154. The van der Waals surface area contributed by atoms with E-state index in [0.29, 0.717) is 0 Å². The van der Waals surface area contributed by atoms with Crippen LogP contribution in [0.25, 0.3) is 10.8 Å². The first kappa shape index (κ1) is 18.1. The number of anilines is 1. The summed E-state index contributed by atoms with van der Waals surface area (Å²) in [6.45, 7) is 1.52. The average molecular weight is 375 g/mol. The molecule has 0 aliphatic rings. The first-order valence-electron chi connectivity index (χ1n) is 6.49. The Kier molecular flexibility index (Phi) is 4.55. The van der Waals surface area contributed by atoms with Gasteiger partial charge in [0, 0.05) is 17.2 Å². The van der Waals surface area contributed by atoms with Crippen LogP contribution in [-0.4, -0.2) is 37.0 Å². The molecule has 0 unspecified atom stereocenters. The van der Waals surface area contributed by atoms with E-state index in [1.165, 1.54) is 6.92 Å². The minimum absolute atomic E-state index is 0.0242. The van der Waals surface area contributed by atoms with Crippen LogP contribution in [0.1, 0.15) is 13.3 Å². The molecule has 2 aromatic carbocycles. The number of fused-ring (bicyclic) bond motifs is 1. The molecule has 0 saturated carbocycles. The van der Waals surface area contributed by atoms with Gasteiger partial charge in [-0.1, -0.05) is 6.92 Å². The quantitative estimate of drug-likeness (QED) is 0.584. The van der Waals surface area contributed by atoms with E-state index in [0.717, 1.165) is 24.3 Å². The van der Waals surface area contributed by atoms with Crippen molar-refractivity contribution in [3.05, 3.63) is 24.3 Å². The van der Waals surface area contributed by atoms with Crippen LogP contribution < -0.4 is 5.32 Å². The Morgan fingerprint density at radius 2 is 1.71 bits per heavy atom. The minimum Gasteiger partial charge on any atom is -0.507 e. The van der Waals surface area contributed by atoms with Gasteiger partial charge in [0.2, 0.25) is 5.91 Å². The van der Waals surface area contributed by atoms with Crippen LogP contribution in [0.3, 0.4) is 0 Å². The highest BCUT2D eigenvalue weighted by Crippen LogP contribution is 2.38.